The van der Waals surface area contributed by atoms with Crippen LogP contribution in [-0.4, -0.2) is 112 Å². The molecule has 4 saturated heterocycles. The smallest absolute Gasteiger partial charge is 0.282 e. The molecular formula is C38H41BrN8O6. The number of fused-ring (bicyclic) bond motifs is 1. The van der Waals surface area contributed by atoms with Gasteiger partial charge in [0.05, 0.1) is 28.7 Å². The van der Waals surface area contributed by atoms with E-state index in [2.05, 4.69) is 60.6 Å². The summed E-state index contributed by atoms with van der Waals surface area (Å²) in [6, 6.07) is 12.3. The van der Waals surface area contributed by atoms with Crippen LogP contribution < -0.4 is 21.1 Å². The lowest BCUT2D eigenvalue weighted by Crippen LogP contribution is -2.54. The maximum absolute atomic E-state index is 13.8. The van der Waals surface area contributed by atoms with Crippen LogP contribution in [0.15, 0.2) is 57.9 Å². The molecule has 2 aromatic carbocycles. The van der Waals surface area contributed by atoms with Crippen LogP contribution in [0.2, 0.25) is 0 Å². The molecule has 2 N–H and O–H groups in total. The predicted molar refractivity (Wildman–Crippen MR) is 199 cm³/mol. The van der Waals surface area contributed by atoms with Gasteiger partial charge in [0.1, 0.15) is 10.5 Å². The second-order valence-corrected chi connectivity index (χ2v) is 16.0. The third-order valence-electron chi connectivity index (χ3n) is 11.7. The molecule has 276 valence electrons. The van der Waals surface area contributed by atoms with Crippen molar-refractivity contribution in [3.05, 3.63) is 85.7 Å². The molecular weight excluding hydrogens is 744 g/mol. The molecule has 4 fully saturated rings. The number of hydrogen-bond acceptors (Lipinski definition) is 10. The first-order valence-electron chi connectivity index (χ1n) is 18.1. The number of piperidine rings is 2. The lowest BCUT2D eigenvalue weighted by molar-refractivity contribution is -0.136. The van der Waals surface area contributed by atoms with Crippen molar-refractivity contribution in [1.29, 1.82) is 0 Å². The number of aromatic nitrogens is 2. The summed E-state index contributed by atoms with van der Waals surface area (Å²) in [6.07, 6.45) is 4.38. The molecule has 15 heteroatoms. The number of nitrogens with one attached hydrogen (secondary N) is 2. The number of nitrogens with zero attached hydrogens (tertiary/aromatic N) is 6. The fraction of sp³-hybridized carbons (Fsp3) is 0.447. The van der Waals surface area contributed by atoms with E-state index < -0.39 is 29.7 Å². The number of likely N-dealkylation sites (tertiary alicyclic amines) is 2. The Morgan fingerprint density at radius 3 is 2.51 bits per heavy atom. The number of likely N-dealkylation sites (N-methyl/N-ethyl adjacent to an activating group) is 1. The topological polar surface area (TPSA) is 157 Å². The second kappa shape index (κ2) is 13.5. The van der Waals surface area contributed by atoms with Crippen molar-refractivity contribution in [1.82, 2.24) is 29.8 Å². The molecule has 2 unspecified atom stereocenters. The van der Waals surface area contributed by atoms with E-state index in [0.717, 1.165) is 42.8 Å². The van der Waals surface area contributed by atoms with Gasteiger partial charge in [-0.3, -0.25) is 39.0 Å². The van der Waals surface area contributed by atoms with Gasteiger partial charge in [-0.25, -0.2) is 4.68 Å². The highest BCUT2D eigenvalue weighted by Gasteiger charge is 2.49. The van der Waals surface area contributed by atoms with Gasteiger partial charge < -0.3 is 20.0 Å². The summed E-state index contributed by atoms with van der Waals surface area (Å²) in [5.41, 5.74) is 3.37. The minimum atomic E-state index is -1.02. The normalized spacial score (nSPS) is 26.1. The van der Waals surface area contributed by atoms with Crippen molar-refractivity contribution in [3.8, 4) is 0 Å². The van der Waals surface area contributed by atoms with Gasteiger partial charge in [0.2, 0.25) is 11.8 Å². The molecule has 4 atom stereocenters. The Hall–Kier alpha value is -4.89. The summed E-state index contributed by atoms with van der Waals surface area (Å²) in [5.74, 6) is -1.83. The van der Waals surface area contributed by atoms with Gasteiger partial charge in [-0.2, -0.15) is 5.10 Å². The molecule has 14 nitrogen and oxygen atoms in total. The number of rotatable bonds is 6. The fourth-order valence-electron chi connectivity index (χ4n) is 8.92. The zero-order valence-corrected chi connectivity index (χ0v) is 31.2. The Morgan fingerprint density at radius 1 is 0.962 bits per heavy atom. The maximum Gasteiger partial charge on any atom is 0.282 e. The molecule has 0 radical (unpaired) electrons. The molecule has 8 rings (SSSR count). The summed E-state index contributed by atoms with van der Waals surface area (Å²) in [5, 5.41) is 9.91. The standard InChI is InChI=1S/C38H41BrN8O6/c1-43-18-24(16-25(19-43)41-27-17-40-44(2)37(53)32(27)39)22-6-8-23(9-7-22)34(50)46-15-13-38(21-46)12-14-45(20-38)28-5-3-4-26-31(28)36(52)47(35(26)51)29-10-11-30(48)42-33(29)49/h3-9,17,24-25,29,41H,10-16,18-21H2,1-2H3,(H,42,48,49)/t24-,25+,29?,38?/m0/s1. The quantitative estimate of drug-likeness (QED) is 0.357. The van der Waals surface area contributed by atoms with Crippen LogP contribution in [0.1, 0.15) is 74.7 Å². The Kier molecular flexibility index (Phi) is 8.96. The van der Waals surface area contributed by atoms with Gasteiger partial charge >= 0.3 is 0 Å². The number of aryl methyl sites for hydroxylation is 1. The first kappa shape index (κ1) is 35.2. The number of anilines is 2. The molecule has 1 spiro atoms. The molecule has 5 aliphatic heterocycles. The number of carbonyl (C=O) groups excluding carboxylic acids is 5. The van der Waals surface area contributed by atoms with E-state index in [0.29, 0.717) is 53.2 Å². The van der Waals surface area contributed by atoms with Crippen molar-refractivity contribution >= 4 is 56.8 Å². The van der Waals surface area contributed by atoms with Crippen LogP contribution in [0, 0.1) is 5.41 Å². The van der Waals surface area contributed by atoms with E-state index in [4.69, 9.17) is 0 Å². The van der Waals surface area contributed by atoms with E-state index in [9.17, 15) is 28.8 Å². The third kappa shape index (κ3) is 6.33. The van der Waals surface area contributed by atoms with Gasteiger partial charge in [0.15, 0.2) is 0 Å². The third-order valence-corrected chi connectivity index (χ3v) is 12.4. The molecule has 0 bridgehead atoms. The predicted octanol–water partition coefficient (Wildman–Crippen LogP) is 2.59. The molecule has 53 heavy (non-hydrogen) atoms. The Bertz CT molecular complexity index is 2100. The molecule has 5 amide bonds. The van der Waals surface area contributed by atoms with Crippen molar-refractivity contribution in [3.63, 3.8) is 0 Å². The lowest BCUT2D eigenvalue weighted by atomic mass is 9.86. The van der Waals surface area contributed by atoms with Crippen molar-refractivity contribution in [2.24, 2.45) is 12.5 Å². The first-order chi connectivity index (χ1) is 25.4. The number of imide groups is 2. The Balaban J connectivity index is 0.915. The number of halogens is 1. The first-order valence-corrected chi connectivity index (χ1v) is 18.9. The number of benzene rings is 2. The molecule has 1 aromatic heterocycles. The zero-order valence-electron chi connectivity index (χ0n) is 29.6. The summed E-state index contributed by atoms with van der Waals surface area (Å²) >= 11 is 3.42. The van der Waals surface area contributed by atoms with Gasteiger partial charge in [0.25, 0.3) is 23.3 Å². The second-order valence-electron chi connectivity index (χ2n) is 15.2. The SMILES string of the molecule is CN1C[C@H](Nc2cnn(C)c(=O)c2Br)C[C@H](c2ccc(C(=O)N3CCC4(CCN(c5cccc6c5C(=O)N(C5CCC(=O)NC5=O)C6=O)C4)C3)cc2)C1. The highest BCUT2D eigenvalue weighted by Crippen LogP contribution is 2.44. The van der Waals surface area contributed by atoms with E-state index in [-0.39, 0.29) is 47.2 Å². The summed E-state index contributed by atoms with van der Waals surface area (Å²) in [4.78, 5) is 84.9. The molecule has 0 aliphatic carbocycles. The van der Waals surface area contributed by atoms with E-state index in [1.165, 1.54) is 4.68 Å². The van der Waals surface area contributed by atoms with Crippen molar-refractivity contribution < 1.29 is 24.0 Å². The van der Waals surface area contributed by atoms with E-state index >= 15 is 0 Å². The van der Waals surface area contributed by atoms with Crippen LogP contribution in [-0.2, 0) is 16.6 Å². The maximum atomic E-state index is 13.8. The number of carbonyl (C=O) groups is 5. The molecule has 6 heterocycles. The van der Waals surface area contributed by atoms with Gasteiger partial charge in [-0.1, -0.05) is 18.2 Å². The highest BCUT2D eigenvalue weighted by molar-refractivity contribution is 9.10. The van der Waals surface area contributed by atoms with Gasteiger partial charge in [0, 0.05) is 69.8 Å². The van der Waals surface area contributed by atoms with Gasteiger partial charge in [-0.05, 0) is 84.4 Å². The van der Waals surface area contributed by atoms with Crippen LogP contribution in [0.4, 0.5) is 11.4 Å². The average molecular weight is 786 g/mol. The van der Waals surface area contributed by atoms with Crippen LogP contribution in [0.25, 0.3) is 0 Å². The molecule has 5 aliphatic rings. The monoisotopic (exact) mass is 784 g/mol. The Morgan fingerprint density at radius 2 is 1.74 bits per heavy atom. The number of amides is 5. The minimum Gasteiger partial charge on any atom is -0.379 e. The summed E-state index contributed by atoms with van der Waals surface area (Å²) < 4.78 is 1.76. The molecule has 3 aromatic rings. The van der Waals surface area contributed by atoms with E-state index in [1.54, 1.807) is 25.4 Å². The summed E-state index contributed by atoms with van der Waals surface area (Å²) in [7, 11) is 3.70. The van der Waals surface area contributed by atoms with Crippen molar-refractivity contribution in [2.75, 3.05) is 56.5 Å². The summed E-state index contributed by atoms with van der Waals surface area (Å²) in [6.45, 7) is 4.25. The van der Waals surface area contributed by atoms with E-state index in [1.807, 2.05) is 23.1 Å². The van der Waals surface area contributed by atoms with Crippen molar-refractivity contribution in [2.45, 2.75) is 50.1 Å². The Labute approximate surface area is 314 Å². The van der Waals surface area contributed by atoms with Crippen LogP contribution in [0.5, 0.6) is 0 Å². The lowest BCUT2D eigenvalue weighted by Gasteiger charge is -2.37. The zero-order chi connectivity index (χ0) is 37.2. The minimum absolute atomic E-state index is 0.00329. The highest BCUT2D eigenvalue weighted by atomic mass is 79.9. The van der Waals surface area contributed by atoms with Crippen LogP contribution in [0.3, 0.4) is 0 Å². The van der Waals surface area contributed by atoms with Crippen LogP contribution >= 0.6 is 15.9 Å². The fourth-order valence-corrected chi connectivity index (χ4v) is 9.39. The van der Waals surface area contributed by atoms with Gasteiger partial charge in [-0.15, -0.1) is 0 Å². The molecule has 0 saturated carbocycles. The largest absolute Gasteiger partial charge is 0.379 e. The number of hydrogen-bond donors (Lipinski definition) is 2. The average Bonchev–Trinajstić information content (AvgIpc) is 3.84.